The number of rotatable bonds is 51. The van der Waals surface area contributed by atoms with Gasteiger partial charge in [0.1, 0.15) is 13.2 Å². The molecule has 6 heteroatoms. The van der Waals surface area contributed by atoms with Crippen LogP contribution in [0, 0.1) is 0 Å². The molecular weight excluding hydrogens is 829 g/mol. The van der Waals surface area contributed by atoms with E-state index < -0.39 is 6.10 Å². The second-order valence-corrected chi connectivity index (χ2v) is 18.8. The molecule has 6 nitrogen and oxygen atoms in total. The summed E-state index contributed by atoms with van der Waals surface area (Å²) in [5.41, 5.74) is 0. The zero-order valence-corrected chi connectivity index (χ0v) is 44.2. The van der Waals surface area contributed by atoms with Crippen molar-refractivity contribution in [3.05, 3.63) is 72.9 Å². The van der Waals surface area contributed by atoms with E-state index in [-0.39, 0.29) is 37.5 Å². The Hall–Kier alpha value is -3.15. The number of hydrogen-bond acceptors (Lipinski definition) is 6. The van der Waals surface area contributed by atoms with Gasteiger partial charge in [-0.25, -0.2) is 0 Å². The molecule has 0 saturated carbocycles. The van der Waals surface area contributed by atoms with E-state index in [0.717, 1.165) is 96.3 Å². The molecule has 386 valence electrons. The van der Waals surface area contributed by atoms with Crippen molar-refractivity contribution in [1.82, 2.24) is 0 Å². The Morgan fingerprint density at radius 2 is 0.627 bits per heavy atom. The summed E-state index contributed by atoms with van der Waals surface area (Å²) in [5, 5.41) is 0. The largest absolute Gasteiger partial charge is 0.462 e. The van der Waals surface area contributed by atoms with Crippen molar-refractivity contribution in [3.63, 3.8) is 0 Å². The minimum absolute atomic E-state index is 0.0986. The van der Waals surface area contributed by atoms with Gasteiger partial charge >= 0.3 is 17.9 Å². The fraction of sp³-hybridized carbons (Fsp3) is 0.754. The van der Waals surface area contributed by atoms with Crippen molar-refractivity contribution in [2.45, 2.75) is 284 Å². The van der Waals surface area contributed by atoms with E-state index in [1.165, 1.54) is 135 Å². The van der Waals surface area contributed by atoms with Crippen molar-refractivity contribution in [2.24, 2.45) is 0 Å². The van der Waals surface area contributed by atoms with Gasteiger partial charge in [0.15, 0.2) is 6.10 Å². The average molecular weight is 936 g/mol. The van der Waals surface area contributed by atoms with E-state index in [0.29, 0.717) is 19.3 Å². The summed E-state index contributed by atoms with van der Waals surface area (Å²) in [6.07, 6.45) is 70.6. The molecule has 1 unspecified atom stereocenters. The first kappa shape index (κ1) is 63.8. The molecule has 0 bridgehead atoms. The zero-order valence-electron chi connectivity index (χ0n) is 44.2. The van der Waals surface area contributed by atoms with Gasteiger partial charge < -0.3 is 14.2 Å². The summed E-state index contributed by atoms with van der Waals surface area (Å²) in [5.74, 6) is -0.962. The van der Waals surface area contributed by atoms with E-state index in [1.54, 1.807) is 0 Å². The molecule has 0 aromatic carbocycles. The first-order chi connectivity index (χ1) is 33.0. The third-order valence-corrected chi connectivity index (χ3v) is 12.2. The molecule has 0 aliphatic heterocycles. The van der Waals surface area contributed by atoms with Gasteiger partial charge in [0.05, 0.1) is 0 Å². The predicted octanol–water partition coefficient (Wildman–Crippen LogP) is 19.0. The third kappa shape index (κ3) is 53.7. The number of hydrogen-bond donors (Lipinski definition) is 0. The molecule has 1 atom stereocenters. The van der Waals surface area contributed by atoms with Crippen LogP contribution in [0.15, 0.2) is 72.9 Å². The van der Waals surface area contributed by atoms with Gasteiger partial charge in [-0.1, -0.05) is 254 Å². The lowest BCUT2D eigenvalue weighted by atomic mass is 10.0. The number of esters is 3. The van der Waals surface area contributed by atoms with Crippen molar-refractivity contribution in [1.29, 1.82) is 0 Å². The molecule has 0 amide bonds. The number of carbonyl (C=O) groups excluding carboxylic acids is 3. The molecule has 0 aliphatic carbocycles. The van der Waals surface area contributed by atoms with Crippen LogP contribution in [-0.4, -0.2) is 37.2 Å². The van der Waals surface area contributed by atoms with E-state index in [1.807, 2.05) is 0 Å². The van der Waals surface area contributed by atoms with Gasteiger partial charge in [0.2, 0.25) is 0 Å². The van der Waals surface area contributed by atoms with Gasteiger partial charge in [-0.05, 0) is 77.0 Å². The van der Waals surface area contributed by atoms with Crippen LogP contribution >= 0.6 is 0 Å². The minimum Gasteiger partial charge on any atom is -0.462 e. The molecule has 0 fully saturated rings. The van der Waals surface area contributed by atoms with Gasteiger partial charge in [0.25, 0.3) is 0 Å². The average Bonchev–Trinajstić information content (AvgIpc) is 3.33. The number of allylic oxidation sites excluding steroid dienone is 12. The lowest BCUT2D eigenvalue weighted by Crippen LogP contribution is -2.30. The van der Waals surface area contributed by atoms with Crippen LogP contribution in [0.2, 0.25) is 0 Å². The minimum atomic E-state index is -0.806. The van der Waals surface area contributed by atoms with Crippen molar-refractivity contribution in [2.75, 3.05) is 13.2 Å². The van der Waals surface area contributed by atoms with Crippen LogP contribution in [0.3, 0.4) is 0 Å². The molecule has 67 heavy (non-hydrogen) atoms. The Balaban J connectivity index is 4.33. The lowest BCUT2D eigenvalue weighted by Gasteiger charge is -2.18. The fourth-order valence-corrected chi connectivity index (χ4v) is 7.95. The van der Waals surface area contributed by atoms with Gasteiger partial charge in [-0.15, -0.1) is 0 Å². The third-order valence-electron chi connectivity index (χ3n) is 12.2. The summed E-state index contributed by atoms with van der Waals surface area (Å²) in [7, 11) is 0. The highest BCUT2D eigenvalue weighted by Crippen LogP contribution is 2.16. The molecule has 0 spiro atoms. The topological polar surface area (TPSA) is 78.9 Å². The number of unbranched alkanes of at least 4 members (excludes halogenated alkanes) is 28. The first-order valence-electron chi connectivity index (χ1n) is 28.4. The highest BCUT2D eigenvalue weighted by atomic mass is 16.6. The smallest absolute Gasteiger partial charge is 0.306 e. The highest BCUT2D eigenvalue weighted by Gasteiger charge is 2.19. The summed E-state index contributed by atoms with van der Waals surface area (Å²) in [6.45, 7) is 6.43. The maximum Gasteiger partial charge on any atom is 0.306 e. The summed E-state index contributed by atoms with van der Waals surface area (Å²) in [4.78, 5) is 38.0. The molecule has 0 rings (SSSR count). The maximum absolute atomic E-state index is 12.8. The normalized spacial score (nSPS) is 12.6. The number of carbonyl (C=O) groups is 3. The van der Waals surface area contributed by atoms with Crippen molar-refractivity contribution < 1.29 is 28.6 Å². The van der Waals surface area contributed by atoms with Gasteiger partial charge in [0, 0.05) is 19.3 Å². The quantitative estimate of drug-likeness (QED) is 0.0262. The highest BCUT2D eigenvalue weighted by molar-refractivity contribution is 5.71. The Labute approximate surface area is 414 Å². The van der Waals surface area contributed by atoms with Crippen molar-refractivity contribution >= 4 is 17.9 Å². The lowest BCUT2D eigenvalue weighted by molar-refractivity contribution is -0.167. The van der Waals surface area contributed by atoms with E-state index in [2.05, 4.69) is 93.7 Å². The SMILES string of the molecule is CC/C=C\C/C=C\C/C=C\C/C=C\C/C=C\CCCC(=O)OC(COC(=O)CCCCCCC/C=C\CCC)COC(=O)CCCCCCCCCCCCCCCCCCCCCCCC. The summed E-state index contributed by atoms with van der Waals surface area (Å²) in [6, 6.07) is 0. The zero-order chi connectivity index (χ0) is 48.6. The summed E-state index contributed by atoms with van der Waals surface area (Å²) < 4.78 is 16.8. The Kier molecular flexibility index (Phi) is 52.8. The standard InChI is InChI=1S/C61H106O6/c1-4-7-10-13-16-19-22-24-26-28-29-30-31-32-34-35-37-39-42-45-48-51-54-60(63)66-57-58(56-65-59(62)53-50-47-44-41-21-18-15-12-9-6-3)67-61(64)55-52-49-46-43-40-38-36-33-27-25-23-20-17-14-11-8-5-2/h8,11-12,15,17,20,25,27,36,38,43,46,58H,4-7,9-10,13-14,16,18-19,21-24,26,28-35,37,39-42,44-45,47-57H2,1-3H3/b11-8-,15-12-,20-17-,27-25-,38-36-,46-43-. The Morgan fingerprint density at radius 3 is 1.03 bits per heavy atom. The van der Waals surface area contributed by atoms with Crippen LogP contribution < -0.4 is 0 Å². The Bertz CT molecular complexity index is 1260. The van der Waals surface area contributed by atoms with E-state index >= 15 is 0 Å². The van der Waals surface area contributed by atoms with Crippen LogP contribution in [0.25, 0.3) is 0 Å². The predicted molar refractivity (Wildman–Crippen MR) is 288 cm³/mol. The fourth-order valence-electron chi connectivity index (χ4n) is 7.95. The van der Waals surface area contributed by atoms with E-state index in [4.69, 9.17) is 14.2 Å². The molecule has 0 saturated heterocycles. The van der Waals surface area contributed by atoms with E-state index in [9.17, 15) is 14.4 Å². The Morgan fingerprint density at radius 1 is 0.313 bits per heavy atom. The van der Waals surface area contributed by atoms with Crippen LogP contribution in [0.1, 0.15) is 278 Å². The molecule has 0 heterocycles. The molecule has 0 aliphatic rings. The maximum atomic E-state index is 12.8. The second kappa shape index (κ2) is 55.4. The number of ether oxygens (including phenoxy) is 3. The first-order valence-corrected chi connectivity index (χ1v) is 28.4. The molecular formula is C61H106O6. The molecule has 0 aromatic heterocycles. The van der Waals surface area contributed by atoms with Crippen LogP contribution in [-0.2, 0) is 28.6 Å². The van der Waals surface area contributed by atoms with Crippen LogP contribution in [0.5, 0.6) is 0 Å². The van der Waals surface area contributed by atoms with Crippen LogP contribution in [0.4, 0.5) is 0 Å². The monoisotopic (exact) mass is 935 g/mol. The van der Waals surface area contributed by atoms with Crippen molar-refractivity contribution in [3.8, 4) is 0 Å². The molecule has 0 aromatic rings. The van der Waals surface area contributed by atoms with Gasteiger partial charge in [-0.3, -0.25) is 14.4 Å². The second-order valence-electron chi connectivity index (χ2n) is 18.8. The summed E-state index contributed by atoms with van der Waals surface area (Å²) >= 11 is 0. The molecule has 0 N–H and O–H groups in total. The van der Waals surface area contributed by atoms with Gasteiger partial charge in [-0.2, -0.15) is 0 Å². The molecule has 0 radical (unpaired) electrons.